The number of alkyl halides is 3. The van der Waals surface area contributed by atoms with Gasteiger partial charge in [-0.15, -0.1) is 11.8 Å². The zero-order valence-corrected chi connectivity index (χ0v) is 26.3. The van der Waals surface area contributed by atoms with E-state index in [-0.39, 0.29) is 35.6 Å². The molecule has 1 spiro atoms. The van der Waals surface area contributed by atoms with Crippen LogP contribution in [0, 0.1) is 0 Å². The lowest BCUT2D eigenvalue weighted by molar-refractivity contribution is -0.186. The van der Waals surface area contributed by atoms with E-state index in [4.69, 9.17) is 14.6 Å². The number of hydrogen-bond donors (Lipinski definition) is 1. The second-order valence-corrected chi connectivity index (χ2v) is 13.3. The Morgan fingerprint density at radius 1 is 1.04 bits per heavy atom. The molecule has 6 rings (SSSR count). The number of carbonyl (C=O) groups is 2. The number of hydrogen-bond acceptors (Lipinski definition) is 8. The van der Waals surface area contributed by atoms with Crippen LogP contribution in [0.4, 0.5) is 13.2 Å². The number of aliphatic hydroxyl groups is 1. The van der Waals surface area contributed by atoms with Crippen molar-refractivity contribution in [3.05, 3.63) is 35.0 Å². The van der Waals surface area contributed by atoms with Crippen LogP contribution < -0.4 is 0 Å². The molecule has 0 bridgehead atoms. The molecule has 2 aromatic rings. The van der Waals surface area contributed by atoms with Crippen molar-refractivity contribution in [2.75, 3.05) is 58.2 Å². The Morgan fingerprint density at radius 2 is 1.76 bits per heavy atom. The Bertz CT molecular complexity index is 1400. The number of likely N-dealkylation sites (tertiary alicyclic amines) is 2. The zero-order chi connectivity index (χ0) is 31.8. The average molecular weight is 652 g/mol. The fourth-order valence-corrected chi connectivity index (χ4v) is 7.79. The molecule has 4 aliphatic heterocycles. The number of fused-ring (bicyclic) bond motifs is 1. The first-order valence-electron chi connectivity index (χ1n) is 15.7. The summed E-state index contributed by atoms with van der Waals surface area (Å²) in [5.74, 6) is -0.850. The van der Waals surface area contributed by atoms with Crippen LogP contribution in [0.1, 0.15) is 49.4 Å². The van der Waals surface area contributed by atoms with Gasteiger partial charge in [0.15, 0.2) is 5.79 Å². The molecule has 1 aromatic heterocycles. The highest BCUT2D eigenvalue weighted by Gasteiger charge is 2.40. The number of carbonyl (C=O) groups excluding carboxylic acids is 2. The van der Waals surface area contributed by atoms with Gasteiger partial charge in [-0.25, -0.2) is 0 Å². The summed E-state index contributed by atoms with van der Waals surface area (Å²) in [7, 11) is 0. The predicted molar refractivity (Wildman–Crippen MR) is 160 cm³/mol. The average Bonchev–Trinajstić information content (AvgIpc) is 3.78. The van der Waals surface area contributed by atoms with Gasteiger partial charge in [0.05, 0.1) is 42.9 Å². The smallest absolute Gasteiger partial charge is 0.390 e. The second kappa shape index (κ2) is 13.2. The molecule has 14 heteroatoms. The first-order valence-corrected chi connectivity index (χ1v) is 16.6. The Kier molecular flexibility index (Phi) is 9.49. The van der Waals surface area contributed by atoms with Crippen LogP contribution in [0.2, 0.25) is 0 Å². The zero-order valence-electron chi connectivity index (χ0n) is 25.5. The van der Waals surface area contributed by atoms with Crippen molar-refractivity contribution in [2.45, 2.75) is 75.1 Å². The van der Waals surface area contributed by atoms with E-state index in [1.54, 1.807) is 14.5 Å². The molecule has 0 radical (unpaired) electrons. The van der Waals surface area contributed by atoms with Crippen LogP contribution in [0.25, 0.3) is 11.3 Å². The number of ether oxygens (including phenoxy) is 2. The minimum absolute atomic E-state index is 0.0341. The van der Waals surface area contributed by atoms with Crippen molar-refractivity contribution in [1.29, 1.82) is 0 Å². The standard InChI is InChI=1S/C31H40F3N5O5S/c1-21(40)38-11-6-26-24(19-38)29(35-39(26)18-23(41)17-36-12-7-30(8-13-36)43-14-15-44-30)22-4-5-25(31(32,33)34)27(16-22)45-20-28(42)37-9-2-3-10-37/h4-5,16,23,41H,2-3,6-15,17-20H2,1H3. The molecule has 1 aromatic carbocycles. The first-order chi connectivity index (χ1) is 21.5. The molecule has 0 saturated carbocycles. The lowest BCUT2D eigenvalue weighted by atomic mass is 9.99. The maximum absolute atomic E-state index is 14.0. The molecule has 2 amide bonds. The van der Waals surface area contributed by atoms with Gasteiger partial charge in [-0.05, 0) is 25.0 Å². The first kappa shape index (κ1) is 32.3. The van der Waals surface area contributed by atoms with E-state index in [1.165, 1.54) is 19.1 Å². The SMILES string of the molecule is CC(=O)N1CCc2c(c(-c3ccc(C(F)(F)F)c(SCC(=O)N4CCCC4)c3)nn2CC(O)CN2CCC3(CC2)OCCO3)C1. The molecule has 10 nitrogen and oxygen atoms in total. The van der Waals surface area contributed by atoms with Crippen LogP contribution in [0.5, 0.6) is 0 Å². The summed E-state index contributed by atoms with van der Waals surface area (Å²) in [5, 5.41) is 16.0. The van der Waals surface area contributed by atoms with Crippen molar-refractivity contribution in [3.8, 4) is 11.3 Å². The van der Waals surface area contributed by atoms with Crippen molar-refractivity contribution >= 4 is 23.6 Å². The van der Waals surface area contributed by atoms with Gasteiger partial charge in [0.1, 0.15) is 0 Å². The number of rotatable bonds is 8. The van der Waals surface area contributed by atoms with Gasteiger partial charge >= 0.3 is 6.18 Å². The van der Waals surface area contributed by atoms with Gasteiger partial charge < -0.3 is 29.3 Å². The molecular weight excluding hydrogens is 611 g/mol. The van der Waals surface area contributed by atoms with Crippen LogP contribution in [0.15, 0.2) is 23.1 Å². The van der Waals surface area contributed by atoms with Gasteiger partial charge in [0.2, 0.25) is 11.8 Å². The fourth-order valence-electron chi connectivity index (χ4n) is 6.78. The monoisotopic (exact) mass is 651 g/mol. The van der Waals surface area contributed by atoms with E-state index in [9.17, 15) is 27.9 Å². The third kappa shape index (κ3) is 7.19. The van der Waals surface area contributed by atoms with Crippen molar-refractivity contribution < 1.29 is 37.3 Å². The highest BCUT2D eigenvalue weighted by molar-refractivity contribution is 8.00. The molecule has 0 aliphatic carbocycles. The third-order valence-electron chi connectivity index (χ3n) is 9.23. The van der Waals surface area contributed by atoms with E-state index < -0.39 is 23.6 Å². The topological polar surface area (TPSA) is 100 Å². The number of benzene rings is 1. The van der Waals surface area contributed by atoms with Crippen LogP contribution in [0.3, 0.4) is 0 Å². The van der Waals surface area contributed by atoms with Crippen LogP contribution >= 0.6 is 11.8 Å². The quantitative estimate of drug-likeness (QED) is 0.434. The summed E-state index contributed by atoms with van der Waals surface area (Å²) in [5.41, 5.74) is 1.80. The van der Waals surface area contributed by atoms with E-state index >= 15 is 0 Å². The number of aliphatic hydroxyl groups excluding tert-OH is 1. The largest absolute Gasteiger partial charge is 0.417 e. The molecule has 1 N–H and O–H groups in total. The number of thioether (sulfide) groups is 1. The van der Waals surface area contributed by atoms with Gasteiger partial charge in [-0.3, -0.25) is 14.3 Å². The van der Waals surface area contributed by atoms with Crippen molar-refractivity contribution in [2.24, 2.45) is 0 Å². The number of piperidine rings is 1. The predicted octanol–water partition coefficient (Wildman–Crippen LogP) is 3.39. The second-order valence-electron chi connectivity index (χ2n) is 12.3. The summed E-state index contributed by atoms with van der Waals surface area (Å²) < 4.78 is 55.5. The summed E-state index contributed by atoms with van der Waals surface area (Å²) >= 11 is 0.891. The highest BCUT2D eigenvalue weighted by atomic mass is 32.2. The molecule has 246 valence electrons. The van der Waals surface area contributed by atoms with Gasteiger partial charge in [0.25, 0.3) is 0 Å². The molecule has 5 heterocycles. The minimum atomic E-state index is -4.59. The minimum Gasteiger partial charge on any atom is -0.390 e. The van der Waals surface area contributed by atoms with Crippen molar-refractivity contribution in [3.63, 3.8) is 0 Å². The van der Waals surface area contributed by atoms with E-state index in [0.29, 0.717) is 57.1 Å². The Morgan fingerprint density at radius 3 is 2.42 bits per heavy atom. The Labute approximate surface area is 264 Å². The summed E-state index contributed by atoms with van der Waals surface area (Å²) in [6.07, 6.45) is -1.52. The number of nitrogens with zero attached hydrogens (tertiary/aromatic N) is 5. The van der Waals surface area contributed by atoms with E-state index in [1.807, 2.05) is 0 Å². The lowest BCUT2D eigenvalue weighted by Gasteiger charge is -2.38. The summed E-state index contributed by atoms with van der Waals surface area (Å²) in [6, 6.07) is 3.91. The van der Waals surface area contributed by atoms with Gasteiger partial charge in [-0.1, -0.05) is 6.07 Å². The van der Waals surface area contributed by atoms with E-state index in [0.717, 1.165) is 67.9 Å². The number of β-amino-alcohol motifs (C(OH)–C–C–N with tert-alkyl or cyclic N) is 1. The maximum atomic E-state index is 14.0. The lowest BCUT2D eigenvalue weighted by Crippen LogP contribution is -2.47. The molecular formula is C31H40F3N5O5S. The Balaban J connectivity index is 1.24. The Hall–Kier alpha value is -2.65. The molecule has 4 aliphatic rings. The normalized spacial score (nSPS) is 21.0. The van der Waals surface area contributed by atoms with Crippen molar-refractivity contribution in [1.82, 2.24) is 24.5 Å². The summed E-state index contributed by atoms with van der Waals surface area (Å²) in [4.78, 5) is 30.5. The number of amides is 2. The summed E-state index contributed by atoms with van der Waals surface area (Å²) in [6.45, 7) is 6.86. The fraction of sp³-hybridized carbons (Fsp3) is 0.645. The molecule has 3 fully saturated rings. The number of aromatic nitrogens is 2. The third-order valence-corrected chi connectivity index (χ3v) is 10.3. The van der Waals surface area contributed by atoms with E-state index in [2.05, 4.69) is 4.90 Å². The number of halogens is 3. The highest BCUT2D eigenvalue weighted by Crippen LogP contribution is 2.40. The molecule has 3 saturated heterocycles. The molecule has 1 atom stereocenters. The van der Waals surface area contributed by atoms with Gasteiger partial charge in [-0.2, -0.15) is 18.3 Å². The van der Waals surface area contributed by atoms with Crippen LogP contribution in [-0.2, 0) is 44.7 Å². The van der Waals surface area contributed by atoms with Crippen LogP contribution in [-0.4, -0.2) is 112 Å². The molecule has 45 heavy (non-hydrogen) atoms. The molecule has 1 unspecified atom stereocenters. The maximum Gasteiger partial charge on any atom is 0.417 e. The van der Waals surface area contributed by atoms with Gasteiger partial charge in [0, 0.05) is 93.7 Å².